The molecule has 2 N–H and O–H groups in total. The summed E-state index contributed by atoms with van der Waals surface area (Å²) in [5.74, 6) is -0.490. The van der Waals surface area contributed by atoms with E-state index in [-0.39, 0.29) is 0 Å². The van der Waals surface area contributed by atoms with Crippen LogP contribution in [0.2, 0.25) is 0 Å². The van der Waals surface area contributed by atoms with Gasteiger partial charge in [0.2, 0.25) is 0 Å². The number of rotatable bonds is 8. The number of nitrogens with zero attached hydrogens (tertiary/aromatic N) is 3. The Morgan fingerprint density at radius 3 is 2.22 bits per heavy atom. The molecule has 0 aliphatic carbocycles. The van der Waals surface area contributed by atoms with Gasteiger partial charge in [0.05, 0.1) is 24.6 Å². The average Bonchev–Trinajstić information content (AvgIpc) is 2.95. The topological polar surface area (TPSA) is 94.2 Å². The number of anilines is 3. The Hall–Kier alpha value is -3.43. The molecule has 198 valence electrons. The van der Waals surface area contributed by atoms with Crippen molar-refractivity contribution in [1.82, 2.24) is 10.2 Å². The molecule has 1 fully saturated rings. The summed E-state index contributed by atoms with van der Waals surface area (Å²) in [5, 5.41) is 5.44. The first-order chi connectivity index (χ1) is 17.8. The van der Waals surface area contributed by atoms with Crippen LogP contribution in [0.3, 0.4) is 0 Å². The van der Waals surface area contributed by atoms with Crippen LogP contribution in [0, 0.1) is 12.8 Å². The summed E-state index contributed by atoms with van der Waals surface area (Å²) in [4.78, 5) is 46.3. The number of hydrogen-bond donors (Lipinski definition) is 2. The number of carbonyl (C=O) groups excluding carboxylic acids is 3. The van der Waals surface area contributed by atoms with Crippen LogP contribution in [0.5, 0.6) is 0 Å². The molecule has 2 aliphatic rings. The highest BCUT2D eigenvalue weighted by Crippen LogP contribution is 2.33. The summed E-state index contributed by atoms with van der Waals surface area (Å²) in [6, 6.07) is 12.9. The lowest BCUT2D eigenvalue weighted by Gasteiger charge is -2.31. The van der Waals surface area contributed by atoms with E-state index in [9.17, 15) is 14.4 Å². The SMILES string of the molecule is Cc1cccc(NC(=O)NC2C(=O)N(CCC(C)C)c3ccccc3N(CCN3CCOCC3)C2=O)c1. The van der Waals surface area contributed by atoms with E-state index in [4.69, 9.17) is 4.74 Å². The molecule has 2 aliphatic heterocycles. The fraction of sp³-hybridized carbons (Fsp3) is 0.464. The summed E-state index contributed by atoms with van der Waals surface area (Å²) < 4.78 is 5.45. The molecule has 9 nitrogen and oxygen atoms in total. The van der Waals surface area contributed by atoms with Crippen LogP contribution in [0.25, 0.3) is 0 Å². The van der Waals surface area contributed by atoms with Crippen LogP contribution in [0.1, 0.15) is 25.8 Å². The smallest absolute Gasteiger partial charge is 0.320 e. The molecule has 4 amide bonds. The second kappa shape index (κ2) is 12.2. The highest BCUT2D eigenvalue weighted by Gasteiger charge is 2.41. The number of fused-ring (bicyclic) bond motifs is 1. The van der Waals surface area contributed by atoms with Crippen molar-refractivity contribution in [3.05, 3.63) is 54.1 Å². The van der Waals surface area contributed by atoms with Crippen molar-refractivity contribution in [2.24, 2.45) is 5.92 Å². The summed E-state index contributed by atoms with van der Waals surface area (Å²) in [5.41, 5.74) is 2.95. The minimum Gasteiger partial charge on any atom is -0.379 e. The number of hydrogen-bond acceptors (Lipinski definition) is 5. The number of amides is 4. The summed E-state index contributed by atoms with van der Waals surface area (Å²) in [7, 11) is 0. The zero-order valence-corrected chi connectivity index (χ0v) is 21.9. The lowest BCUT2D eigenvalue weighted by Crippen LogP contribution is -2.57. The maximum absolute atomic E-state index is 13.9. The number of morpholine rings is 1. The second-order valence-electron chi connectivity index (χ2n) is 10.0. The zero-order valence-electron chi connectivity index (χ0n) is 21.9. The molecule has 37 heavy (non-hydrogen) atoms. The van der Waals surface area contributed by atoms with Gasteiger partial charge in [-0.05, 0) is 49.1 Å². The Bertz CT molecular complexity index is 1120. The minimum absolute atomic E-state index is 0.368. The van der Waals surface area contributed by atoms with Crippen molar-refractivity contribution >= 4 is 34.9 Å². The molecule has 0 spiro atoms. The highest BCUT2D eigenvalue weighted by atomic mass is 16.5. The average molecular weight is 508 g/mol. The van der Waals surface area contributed by atoms with Crippen LogP contribution in [-0.2, 0) is 14.3 Å². The maximum Gasteiger partial charge on any atom is 0.320 e. The number of ether oxygens (including phenoxy) is 1. The Labute approximate surface area is 218 Å². The number of nitrogens with one attached hydrogen (secondary N) is 2. The molecule has 1 unspecified atom stereocenters. The molecular formula is C28H37N5O4. The molecule has 1 saturated heterocycles. The van der Waals surface area contributed by atoms with Gasteiger partial charge in [0.25, 0.3) is 11.8 Å². The van der Waals surface area contributed by atoms with Crippen LogP contribution < -0.4 is 20.4 Å². The molecule has 4 rings (SSSR count). The normalized spacial score (nSPS) is 18.5. The Balaban J connectivity index is 1.62. The third-order valence-corrected chi connectivity index (χ3v) is 6.71. The van der Waals surface area contributed by atoms with E-state index in [0.717, 1.165) is 25.1 Å². The van der Waals surface area contributed by atoms with Gasteiger partial charge in [-0.15, -0.1) is 0 Å². The van der Waals surface area contributed by atoms with Crippen molar-refractivity contribution < 1.29 is 19.1 Å². The molecule has 1 atom stereocenters. The first kappa shape index (κ1) is 26.6. The number of benzene rings is 2. The van der Waals surface area contributed by atoms with Gasteiger partial charge < -0.3 is 25.2 Å². The van der Waals surface area contributed by atoms with E-state index in [1.807, 2.05) is 49.4 Å². The van der Waals surface area contributed by atoms with Crippen LogP contribution in [0.4, 0.5) is 21.9 Å². The lowest BCUT2D eigenvalue weighted by molar-refractivity contribution is -0.129. The molecule has 9 heteroatoms. The predicted molar refractivity (Wildman–Crippen MR) is 145 cm³/mol. The molecule has 0 saturated carbocycles. The monoisotopic (exact) mass is 507 g/mol. The molecule has 2 heterocycles. The maximum atomic E-state index is 13.9. The van der Waals surface area contributed by atoms with Crippen molar-refractivity contribution in [2.45, 2.75) is 33.2 Å². The standard InChI is InChI=1S/C28H37N5O4/c1-20(2)11-12-32-23-9-4-5-10-24(23)33(14-13-31-15-17-37-18-16-31)27(35)25(26(32)34)30-28(36)29-22-8-6-7-21(3)19-22/h4-10,19-20,25H,11-18H2,1-3H3,(H2,29,30,36). The van der Waals surface area contributed by atoms with E-state index in [1.165, 1.54) is 0 Å². The van der Waals surface area contributed by atoms with Crippen LogP contribution in [0.15, 0.2) is 48.5 Å². The number of carbonyl (C=O) groups is 3. The van der Waals surface area contributed by atoms with Gasteiger partial charge in [-0.3, -0.25) is 14.5 Å². The molecule has 0 aromatic heterocycles. The molecule has 2 aromatic carbocycles. The van der Waals surface area contributed by atoms with Gasteiger partial charge in [0, 0.05) is 38.4 Å². The molecule has 0 bridgehead atoms. The zero-order chi connectivity index (χ0) is 26.4. The minimum atomic E-state index is -1.34. The number of aryl methyl sites for hydroxylation is 1. The van der Waals surface area contributed by atoms with Crippen molar-refractivity contribution in [1.29, 1.82) is 0 Å². The fourth-order valence-corrected chi connectivity index (χ4v) is 4.63. The molecule has 2 aromatic rings. The van der Waals surface area contributed by atoms with Gasteiger partial charge in [0.15, 0.2) is 6.04 Å². The van der Waals surface area contributed by atoms with Crippen LogP contribution >= 0.6 is 0 Å². The summed E-state index contributed by atoms with van der Waals surface area (Å²) >= 11 is 0. The van der Waals surface area contributed by atoms with Gasteiger partial charge in [-0.25, -0.2) is 4.79 Å². The lowest BCUT2D eigenvalue weighted by atomic mass is 10.1. The summed E-state index contributed by atoms with van der Waals surface area (Å²) in [6.07, 6.45) is 0.768. The van der Waals surface area contributed by atoms with E-state index in [0.29, 0.717) is 55.8 Å². The van der Waals surface area contributed by atoms with Crippen molar-refractivity contribution in [2.75, 3.05) is 61.1 Å². The van der Waals surface area contributed by atoms with Gasteiger partial charge in [-0.2, -0.15) is 0 Å². The fourth-order valence-electron chi connectivity index (χ4n) is 4.63. The molecule has 0 radical (unpaired) electrons. The largest absolute Gasteiger partial charge is 0.379 e. The quantitative estimate of drug-likeness (QED) is 0.535. The molecular weight excluding hydrogens is 470 g/mol. The Kier molecular flexibility index (Phi) is 8.78. The first-order valence-electron chi connectivity index (χ1n) is 13.0. The van der Waals surface area contributed by atoms with Crippen molar-refractivity contribution in [3.8, 4) is 0 Å². The van der Waals surface area contributed by atoms with E-state index in [1.54, 1.807) is 15.9 Å². The van der Waals surface area contributed by atoms with E-state index < -0.39 is 23.9 Å². The number of para-hydroxylation sites is 2. The van der Waals surface area contributed by atoms with E-state index in [2.05, 4.69) is 29.4 Å². The van der Waals surface area contributed by atoms with Crippen LogP contribution in [-0.4, -0.2) is 74.7 Å². The Morgan fingerprint density at radius 1 is 0.946 bits per heavy atom. The highest BCUT2D eigenvalue weighted by molar-refractivity contribution is 6.21. The van der Waals surface area contributed by atoms with Gasteiger partial charge in [-0.1, -0.05) is 38.1 Å². The third kappa shape index (κ3) is 6.67. The predicted octanol–water partition coefficient (Wildman–Crippen LogP) is 3.24. The van der Waals surface area contributed by atoms with Gasteiger partial charge in [0.1, 0.15) is 0 Å². The number of urea groups is 1. The first-order valence-corrected chi connectivity index (χ1v) is 13.0. The third-order valence-electron chi connectivity index (χ3n) is 6.71. The Morgan fingerprint density at radius 2 is 1.59 bits per heavy atom. The van der Waals surface area contributed by atoms with Crippen molar-refractivity contribution in [3.63, 3.8) is 0 Å². The summed E-state index contributed by atoms with van der Waals surface area (Å²) in [6.45, 7) is 10.5. The van der Waals surface area contributed by atoms with E-state index >= 15 is 0 Å². The van der Waals surface area contributed by atoms with Gasteiger partial charge >= 0.3 is 6.03 Å². The second-order valence-corrected chi connectivity index (χ2v) is 10.0.